The Bertz CT molecular complexity index is 557. The molecule has 0 radical (unpaired) electrons. The van der Waals surface area contributed by atoms with Crippen molar-refractivity contribution < 1.29 is 22.8 Å². The first-order chi connectivity index (χ1) is 10.8. The Morgan fingerprint density at radius 3 is 2.52 bits per heavy atom. The van der Waals surface area contributed by atoms with Crippen molar-refractivity contribution in [2.24, 2.45) is 0 Å². The maximum atomic E-state index is 12.4. The number of urea groups is 1. The van der Waals surface area contributed by atoms with Gasteiger partial charge in [-0.2, -0.15) is 13.2 Å². The number of aromatic nitrogens is 1. The molecule has 2 rings (SSSR count). The number of nitrogens with zero attached hydrogens (tertiary/aromatic N) is 1. The molecule has 1 fully saturated rings. The standard InChI is InChI=1S/C14H16F3N3O2S/c15-14(16,17)9-5-6-12(18-7-9)23-8-11(21)20-13(22)19-10-3-1-2-4-10/h5-7,10H,1-4,8H2,(H2,19,20,21,22). The summed E-state index contributed by atoms with van der Waals surface area (Å²) in [4.78, 5) is 26.9. The van der Waals surface area contributed by atoms with Crippen molar-refractivity contribution in [1.29, 1.82) is 0 Å². The highest BCUT2D eigenvalue weighted by molar-refractivity contribution is 7.99. The molecule has 1 aromatic rings. The van der Waals surface area contributed by atoms with Gasteiger partial charge in [-0.3, -0.25) is 10.1 Å². The molecular formula is C14H16F3N3O2S. The maximum Gasteiger partial charge on any atom is 0.417 e. The lowest BCUT2D eigenvalue weighted by Crippen LogP contribution is -2.44. The van der Waals surface area contributed by atoms with E-state index in [9.17, 15) is 22.8 Å². The fourth-order valence-corrected chi connectivity index (χ4v) is 2.87. The van der Waals surface area contributed by atoms with Crippen molar-refractivity contribution >= 4 is 23.7 Å². The summed E-state index contributed by atoms with van der Waals surface area (Å²) in [5.74, 6) is -0.622. The van der Waals surface area contributed by atoms with Crippen molar-refractivity contribution in [2.75, 3.05) is 5.75 Å². The SMILES string of the molecule is O=C(CSc1ccc(C(F)(F)F)cn1)NC(=O)NC1CCCC1. The van der Waals surface area contributed by atoms with E-state index >= 15 is 0 Å². The van der Waals surface area contributed by atoms with Crippen LogP contribution in [0, 0.1) is 0 Å². The molecule has 23 heavy (non-hydrogen) atoms. The average Bonchev–Trinajstić information content (AvgIpc) is 2.97. The van der Waals surface area contributed by atoms with Crippen LogP contribution in [0.4, 0.5) is 18.0 Å². The highest BCUT2D eigenvalue weighted by atomic mass is 32.2. The summed E-state index contributed by atoms with van der Waals surface area (Å²) >= 11 is 0.962. The molecule has 1 heterocycles. The molecule has 1 aliphatic carbocycles. The summed E-state index contributed by atoms with van der Waals surface area (Å²) in [6.45, 7) is 0. The monoisotopic (exact) mass is 347 g/mol. The zero-order valence-corrected chi connectivity index (χ0v) is 13.0. The third-order valence-electron chi connectivity index (χ3n) is 3.36. The van der Waals surface area contributed by atoms with Crippen molar-refractivity contribution in [1.82, 2.24) is 15.6 Å². The van der Waals surface area contributed by atoms with Crippen LogP contribution < -0.4 is 10.6 Å². The summed E-state index contributed by atoms with van der Waals surface area (Å²) in [6, 6.07) is 1.66. The molecule has 0 spiro atoms. The number of carbonyl (C=O) groups excluding carboxylic acids is 2. The average molecular weight is 347 g/mol. The summed E-state index contributed by atoms with van der Waals surface area (Å²) in [6.07, 6.45) is 0.222. The van der Waals surface area contributed by atoms with Crippen LogP contribution >= 0.6 is 11.8 Å². The number of pyridine rings is 1. The molecule has 0 aromatic carbocycles. The lowest BCUT2D eigenvalue weighted by atomic mass is 10.2. The fourth-order valence-electron chi connectivity index (χ4n) is 2.23. The van der Waals surface area contributed by atoms with Gasteiger partial charge in [0.1, 0.15) is 0 Å². The summed E-state index contributed by atoms with van der Waals surface area (Å²) in [5, 5.41) is 5.19. The van der Waals surface area contributed by atoms with E-state index in [1.807, 2.05) is 0 Å². The largest absolute Gasteiger partial charge is 0.417 e. The molecule has 0 unspecified atom stereocenters. The predicted molar refractivity (Wildman–Crippen MR) is 78.9 cm³/mol. The topological polar surface area (TPSA) is 71.1 Å². The number of hydrogen-bond acceptors (Lipinski definition) is 4. The smallest absolute Gasteiger partial charge is 0.335 e. The summed E-state index contributed by atoms with van der Waals surface area (Å²) in [5.41, 5.74) is -0.845. The van der Waals surface area contributed by atoms with Gasteiger partial charge in [0.25, 0.3) is 0 Å². The Morgan fingerprint density at radius 2 is 1.96 bits per heavy atom. The van der Waals surface area contributed by atoms with Gasteiger partial charge in [0.05, 0.1) is 16.3 Å². The molecule has 9 heteroatoms. The maximum absolute atomic E-state index is 12.4. The normalized spacial score (nSPS) is 15.4. The number of nitrogens with one attached hydrogen (secondary N) is 2. The number of carbonyl (C=O) groups is 2. The second-order valence-corrected chi connectivity index (χ2v) is 6.17. The van der Waals surface area contributed by atoms with Gasteiger partial charge < -0.3 is 5.32 Å². The van der Waals surface area contributed by atoms with E-state index in [0.717, 1.165) is 43.5 Å². The molecule has 126 valence electrons. The van der Waals surface area contributed by atoms with Gasteiger partial charge >= 0.3 is 12.2 Å². The molecule has 0 bridgehead atoms. The first kappa shape index (κ1) is 17.6. The highest BCUT2D eigenvalue weighted by Gasteiger charge is 2.30. The number of alkyl halides is 3. The van der Waals surface area contributed by atoms with Crippen molar-refractivity contribution in [3.05, 3.63) is 23.9 Å². The predicted octanol–water partition coefficient (Wildman–Crippen LogP) is 2.96. The van der Waals surface area contributed by atoms with E-state index in [2.05, 4.69) is 15.6 Å². The molecule has 1 aliphatic rings. The Kier molecular flexibility index (Phi) is 5.86. The van der Waals surface area contributed by atoms with Crippen LogP contribution in [-0.4, -0.2) is 28.7 Å². The van der Waals surface area contributed by atoms with E-state index in [1.54, 1.807) is 0 Å². The Morgan fingerprint density at radius 1 is 1.26 bits per heavy atom. The lowest BCUT2D eigenvalue weighted by Gasteiger charge is -2.12. The number of amides is 3. The van der Waals surface area contributed by atoms with Gasteiger partial charge in [0, 0.05) is 12.2 Å². The minimum Gasteiger partial charge on any atom is -0.335 e. The first-order valence-corrected chi connectivity index (χ1v) is 8.09. The zero-order chi connectivity index (χ0) is 16.9. The van der Waals surface area contributed by atoms with Crippen LogP contribution in [0.2, 0.25) is 0 Å². The van der Waals surface area contributed by atoms with Gasteiger partial charge in [-0.15, -0.1) is 0 Å². The molecule has 5 nitrogen and oxygen atoms in total. The highest BCUT2D eigenvalue weighted by Crippen LogP contribution is 2.29. The van der Waals surface area contributed by atoms with E-state index < -0.39 is 23.7 Å². The van der Waals surface area contributed by atoms with Crippen LogP contribution in [0.5, 0.6) is 0 Å². The molecule has 0 saturated heterocycles. The Balaban J connectivity index is 1.74. The number of rotatable bonds is 4. The molecular weight excluding hydrogens is 331 g/mol. The van der Waals surface area contributed by atoms with Crippen LogP contribution in [0.25, 0.3) is 0 Å². The molecule has 1 aromatic heterocycles. The van der Waals surface area contributed by atoms with E-state index in [1.165, 1.54) is 6.07 Å². The fraction of sp³-hybridized carbons (Fsp3) is 0.500. The van der Waals surface area contributed by atoms with Gasteiger partial charge in [0.2, 0.25) is 5.91 Å². The van der Waals surface area contributed by atoms with E-state index in [4.69, 9.17) is 0 Å². The molecule has 3 amide bonds. The van der Waals surface area contributed by atoms with Gasteiger partial charge in [-0.05, 0) is 25.0 Å². The van der Waals surface area contributed by atoms with Gasteiger partial charge in [-0.25, -0.2) is 9.78 Å². The van der Waals surface area contributed by atoms with Crippen molar-refractivity contribution in [3.8, 4) is 0 Å². The molecule has 1 saturated carbocycles. The van der Waals surface area contributed by atoms with E-state index in [-0.39, 0.29) is 16.8 Å². The lowest BCUT2D eigenvalue weighted by molar-refractivity contribution is -0.137. The number of hydrogen-bond donors (Lipinski definition) is 2. The Labute approximate surface area is 135 Å². The quantitative estimate of drug-likeness (QED) is 0.822. The second-order valence-electron chi connectivity index (χ2n) is 5.17. The second kappa shape index (κ2) is 7.67. The summed E-state index contributed by atoms with van der Waals surface area (Å²) < 4.78 is 37.2. The third kappa shape index (κ3) is 5.74. The van der Waals surface area contributed by atoms with Crippen LogP contribution in [0.1, 0.15) is 31.2 Å². The molecule has 2 N–H and O–H groups in total. The Hall–Kier alpha value is -1.77. The van der Waals surface area contributed by atoms with Crippen molar-refractivity contribution in [2.45, 2.75) is 42.9 Å². The third-order valence-corrected chi connectivity index (χ3v) is 4.30. The zero-order valence-electron chi connectivity index (χ0n) is 12.2. The number of thioether (sulfide) groups is 1. The van der Waals surface area contributed by atoms with Crippen LogP contribution in [0.15, 0.2) is 23.4 Å². The van der Waals surface area contributed by atoms with E-state index in [0.29, 0.717) is 6.20 Å². The van der Waals surface area contributed by atoms with Crippen molar-refractivity contribution in [3.63, 3.8) is 0 Å². The first-order valence-electron chi connectivity index (χ1n) is 7.11. The minimum absolute atomic E-state index is 0.101. The minimum atomic E-state index is -4.44. The van der Waals surface area contributed by atoms with Crippen LogP contribution in [0.3, 0.4) is 0 Å². The summed E-state index contributed by atoms with van der Waals surface area (Å²) in [7, 11) is 0. The number of halogens is 3. The number of imide groups is 1. The van der Waals surface area contributed by atoms with Gasteiger partial charge in [0.15, 0.2) is 0 Å². The van der Waals surface area contributed by atoms with Crippen LogP contribution in [-0.2, 0) is 11.0 Å². The molecule has 0 aliphatic heterocycles. The molecule has 0 atom stereocenters. The van der Waals surface area contributed by atoms with Gasteiger partial charge in [-0.1, -0.05) is 24.6 Å².